The van der Waals surface area contributed by atoms with Crippen LogP contribution in [0.3, 0.4) is 0 Å². The molecule has 0 unspecified atom stereocenters. The van der Waals surface area contributed by atoms with Crippen molar-refractivity contribution in [1.29, 1.82) is 0 Å². The maximum Gasteiger partial charge on any atom is 0.254 e. The second kappa shape index (κ2) is 11.2. The Kier molecular flexibility index (Phi) is 6.80. The van der Waals surface area contributed by atoms with Crippen molar-refractivity contribution < 1.29 is 9.53 Å². The van der Waals surface area contributed by atoms with Gasteiger partial charge in [-0.2, -0.15) is 5.10 Å². The van der Waals surface area contributed by atoms with Crippen molar-refractivity contribution in [3.05, 3.63) is 114 Å². The number of pyridine rings is 1. The first-order valence-corrected chi connectivity index (χ1v) is 13.8. The molecule has 2 aromatic carbocycles. The third kappa shape index (κ3) is 5.19. The number of morpholine rings is 1. The van der Waals surface area contributed by atoms with Gasteiger partial charge in [0.05, 0.1) is 25.1 Å². The van der Waals surface area contributed by atoms with Crippen molar-refractivity contribution in [3.8, 4) is 23.1 Å². The number of hydrogen-bond acceptors (Lipinski definition) is 6. The van der Waals surface area contributed by atoms with Gasteiger partial charge >= 0.3 is 0 Å². The number of fused-ring (bicyclic) bond motifs is 2. The van der Waals surface area contributed by atoms with Crippen LogP contribution in [-0.2, 0) is 11.3 Å². The monoisotopic (exact) mass is 553 g/mol. The highest BCUT2D eigenvalue weighted by Crippen LogP contribution is 2.22. The third-order valence-corrected chi connectivity index (χ3v) is 7.26. The molecular weight excluding hydrogens is 526 g/mol. The Balaban J connectivity index is 1.15. The van der Waals surface area contributed by atoms with Crippen LogP contribution in [0.5, 0.6) is 0 Å². The van der Waals surface area contributed by atoms with E-state index in [1.165, 1.54) is 5.56 Å². The molecule has 0 atom stereocenters. The van der Waals surface area contributed by atoms with E-state index in [2.05, 4.69) is 39.3 Å². The molecule has 0 radical (unpaired) electrons. The predicted octanol–water partition coefficient (Wildman–Crippen LogP) is 4.76. The standard InChI is InChI=1S/C33H27N7O2/c41-33(39-16-18-42-19-17-39)25-8-6-24(7-9-25)29-12-13-31-36-22-27(40(31)38-29)11-10-26-20-30(37-32-28(26)14-15-34-32)35-21-23-4-2-1-3-5-23/h1-9,12-15,20,22H,16-19,21H2,(H2,34,35,37). The molecule has 6 aromatic rings. The number of nitrogens with zero attached hydrogens (tertiary/aromatic N) is 5. The van der Waals surface area contributed by atoms with E-state index in [1.54, 1.807) is 10.7 Å². The summed E-state index contributed by atoms with van der Waals surface area (Å²) in [6, 6.07) is 25.5. The van der Waals surface area contributed by atoms with Crippen molar-refractivity contribution in [2.45, 2.75) is 6.54 Å². The second-order valence-electron chi connectivity index (χ2n) is 10.00. The van der Waals surface area contributed by atoms with E-state index in [9.17, 15) is 4.79 Å². The molecule has 0 saturated carbocycles. The summed E-state index contributed by atoms with van der Waals surface area (Å²) in [5.41, 5.74) is 6.49. The SMILES string of the molecule is O=C(c1ccc(-c2ccc3ncc(C#Cc4cc(NCc5ccccc5)nc5[nH]ccc45)n3n2)cc1)N1CCOCC1. The lowest BCUT2D eigenvalue weighted by molar-refractivity contribution is 0.0303. The molecule has 1 aliphatic heterocycles. The molecule has 1 saturated heterocycles. The summed E-state index contributed by atoms with van der Waals surface area (Å²) < 4.78 is 7.11. The minimum absolute atomic E-state index is 0.0199. The second-order valence-corrected chi connectivity index (χ2v) is 10.00. The van der Waals surface area contributed by atoms with Crippen LogP contribution in [0.1, 0.15) is 27.2 Å². The Bertz CT molecular complexity index is 1940. The molecule has 4 aromatic heterocycles. The highest BCUT2D eigenvalue weighted by Gasteiger charge is 2.18. The van der Waals surface area contributed by atoms with Gasteiger partial charge in [0.15, 0.2) is 5.65 Å². The first-order chi connectivity index (χ1) is 20.7. The topological polar surface area (TPSA) is 100 Å². The molecule has 1 fully saturated rings. The minimum atomic E-state index is 0.0199. The van der Waals surface area contributed by atoms with Crippen LogP contribution in [0.15, 0.2) is 91.3 Å². The highest BCUT2D eigenvalue weighted by atomic mass is 16.5. The highest BCUT2D eigenvalue weighted by molar-refractivity contribution is 5.94. The number of hydrogen-bond donors (Lipinski definition) is 2. The van der Waals surface area contributed by atoms with Gasteiger partial charge in [-0.1, -0.05) is 48.4 Å². The Morgan fingerprint density at radius 1 is 0.976 bits per heavy atom. The van der Waals surface area contributed by atoms with Crippen LogP contribution in [-0.4, -0.2) is 61.7 Å². The molecule has 2 N–H and O–H groups in total. The molecule has 9 heteroatoms. The molecule has 0 spiro atoms. The molecule has 9 nitrogen and oxygen atoms in total. The lowest BCUT2D eigenvalue weighted by Gasteiger charge is -2.26. The van der Waals surface area contributed by atoms with Crippen molar-refractivity contribution in [2.75, 3.05) is 31.6 Å². The number of H-pyrrole nitrogens is 1. The lowest BCUT2D eigenvalue weighted by atomic mass is 10.1. The van der Waals surface area contributed by atoms with Crippen LogP contribution in [0.4, 0.5) is 5.82 Å². The summed E-state index contributed by atoms with van der Waals surface area (Å²) in [5.74, 6) is 7.34. The fourth-order valence-electron chi connectivity index (χ4n) is 5.00. The minimum Gasteiger partial charge on any atom is -0.378 e. The van der Waals surface area contributed by atoms with E-state index in [0.29, 0.717) is 49.8 Å². The number of aromatic amines is 1. The number of carbonyl (C=O) groups excluding carboxylic acids is 1. The summed E-state index contributed by atoms with van der Waals surface area (Å²) >= 11 is 0. The number of anilines is 1. The Morgan fingerprint density at radius 2 is 1.81 bits per heavy atom. The average Bonchev–Trinajstić information content (AvgIpc) is 3.70. The van der Waals surface area contributed by atoms with Crippen LogP contribution in [0.2, 0.25) is 0 Å². The fraction of sp³-hybridized carbons (Fsp3) is 0.152. The van der Waals surface area contributed by atoms with Gasteiger partial charge < -0.3 is 19.9 Å². The number of nitrogens with one attached hydrogen (secondary N) is 2. The van der Waals surface area contributed by atoms with E-state index in [0.717, 1.165) is 33.7 Å². The number of imidazole rings is 1. The van der Waals surface area contributed by atoms with Gasteiger partial charge in [0.25, 0.3) is 5.91 Å². The fourth-order valence-corrected chi connectivity index (χ4v) is 5.00. The summed E-state index contributed by atoms with van der Waals surface area (Å²) in [6.45, 7) is 3.05. The van der Waals surface area contributed by atoms with E-state index in [1.807, 2.05) is 77.8 Å². The van der Waals surface area contributed by atoms with Gasteiger partial charge in [0.2, 0.25) is 0 Å². The van der Waals surface area contributed by atoms with E-state index in [-0.39, 0.29) is 5.91 Å². The zero-order chi connectivity index (χ0) is 28.3. The molecule has 5 heterocycles. The molecular formula is C33H27N7O2. The molecule has 42 heavy (non-hydrogen) atoms. The summed E-state index contributed by atoms with van der Waals surface area (Å²) in [6.07, 6.45) is 3.60. The van der Waals surface area contributed by atoms with Gasteiger partial charge in [0.1, 0.15) is 17.2 Å². The zero-order valence-electron chi connectivity index (χ0n) is 22.7. The summed E-state index contributed by atoms with van der Waals surface area (Å²) in [4.78, 5) is 27.0. The van der Waals surface area contributed by atoms with Gasteiger partial charge in [-0.3, -0.25) is 4.79 Å². The first-order valence-electron chi connectivity index (χ1n) is 13.8. The Hall–Kier alpha value is -5.46. The van der Waals surface area contributed by atoms with Gasteiger partial charge in [-0.15, -0.1) is 0 Å². The molecule has 7 rings (SSSR count). The van der Waals surface area contributed by atoms with Crippen LogP contribution >= 0.6 is 0 Å². The average molecular weight is 554 g/mol. The largest absolute Gasteiger partial charge is 0.378 e. The number of carbonyl (C=O) groups is 1. The molecule has 1 aliphatic rings. The summed E-state index contributed by atoms with van der Waals surface area (Å²) in [5, 5.41) is 9.17. The Morgan fingerprint density at radius 3 is 2.64 bits per heavy atom. The number of ether oxygens (including phenoxy) is 1. The van der Waals surface area contributed by atoms with Gasteiger partial charge in [-0.05, 0) is 47.9 Å². The number of aromatic nitrogens is 5. The van der Waals surface area contributed by atoms with Crippen LogP contribution < -0.4 is 5.32 Å². The smallest absolute Gasteiger partial charge is 0.254 e. The normalized spacial score (nSPS) is 13.2. The number of amides is 1. The zero-order valence-corrected chi connectivity index (χ0v) is 22.7. The van der Waals surface area contributed by atoms with Crippen molar-refractivity contribution in [2.24, 2.45) is 0 Å². The predicted molar refractivity (Wildman–Crippen MR) is 161 cm³/mol. The third-order valence-electron chi connectivity index (χ3n) is 7.26. The quantitative estimate of drug-likeness (QED) is 0.299. The van der Waals surface area contributed by atoms with E-state index < -0.39 is 0 Å². The first kappa shape index (κ1) is 25.5. The maximum atomic E-state index is 12.8. The van der Waals surface area contributed by atoms with Crippen molar-refractivity contribution in [3.63, 3.8) is 0 Å². The Labute approximate surface area is 242 Å². The molecule has 206 valence electrons. The van der Waals surface area contributed by atoms with E-state index >= 15 is 0 Å². The number of benzene rings is 2. The molecule has 0 aliphatic carbocycles. The van der Waals surface area contributed by atoms with Gasteiger partial charge in [0, 0.05) is 47.9 Å². The number of rotatable bonds is 5. The van der Waals surface area contributed by atoms with E-state index in [4.69, 9.17) is 14.8 Å². The molecule has 1 amide bonds. The van der Waals surface area contributed by atoms with Crippen molar-refractivity contribution in [1.82, 2.24) is 29.5 Å². The maximum absolute atomic E-state index is 12.8. The van der Waals surface area contributed by atoms with Crippen molar-refractivity contribution >= 4 is 28.4 Å². The summed E-state index contributed by atoms with van der Waals surface area (Å²) in [7, 11) is 0. The molecule has 0 bridgehead atoms. The lowest BCUT2D eigenvalue weighted by Crippen LogP contribution is -2.40. The van der Waals surface area contributed by atoms with Crippen LogP contribution in [0, 0.1) is 11.8 Å². The van der Waals surface area contributed by atoms with Crippen LogP contribution in [0.25, 0.3) is 27.9 Å². The van der Waals surface area contributed by atoms with Gasteiger partial charge in [-0.25, -0.2) is 14.5 Å².